The van der Waals surface area contributed by atoms with E-state index in [1.54, 1.807) is 25.7 Å². The molecule has 7 nitrogen and oxygen atoms in total. The summed E-state index contributed by atoms with van der Waals surface area (Å²) in [6.07, 6.45) is 6.13. The van der Waals surface area contributed by atoms with E-state index in [0.717, 1.165) is 23.3 Å². The van der Waals surface area contributed by atoms with Crippen molar-refractivity contribution in [2.45, 2.75) is 13.3 Å². The van der Waals surface area contributed by atoms with Crippen LogP contribution in [0.3, 0.4) is 0 Å². The Morgan fingerprint density at radius 1 is 1.04 bits per heavy atom. The number of ether oxygens (including phenoxy) is 2. The largest absolute Gasteiger partial charge is 0.492 e. The Bertz CT molecular complexity index is 1050. The molecule has 0 aliphatic carbocycles. The van der Waals surface area contributed by atoms with Gasteiger partial charge in [-0.3, -0.25) is 9.55 Å². The zero-order chi connectivity index (χ0) is 18.6. The molecule has 0 aliphatic rings. The number of aromatic nitrogens is 5. The molecule has 4 aromatic rings. The maximum absolute atomic E-state index is 5.70. The minimum Gasteiger partial charge on any atom is -0.492 e. The van der Waals surface area contributed by atoms with Crippen LogP contribution in [0.25, 0.3) is 28.4 Å². The van der Waals surface area contributed by atoms with E-state index in [0.29, 0.717) is 29.7 Å². The van der Waals surface area contributed by atoms with Crippen LogP contribution in [0.2, 0.25) is 0 Å². The van der Waals surface area contributed by atoms with Gasteiger partial charge in [0.25, 0.3) is 0 Å². The SMILES string of the molecule is CCCOc1cnc2c(c1)nc(-c1ccccn1)n2-c1ccc(OC)nc1. The van der Waals surface area contributed by atoms with Crippen LogP contribution in [0.1, 0.15) is 13.3 Å². The predicted octanol–water partition coefficient (Wildman–Crippen LogP) is 3.67. The Hall–Kier alpha value is -3.48. The number of rotatable bonds is 6. The summed E-state index contributed by atoms with van der Waals surface area (Å²) in [4.78, 5) is 18.1. The number of pyridine rings is 3. The Morgan fingerprint density at radius 3 is 2.67 bits per heavy atom. The fourth-order valence-corrected chi connectivity index (χ4v) is 2.78. The van der Waals surface area contributed by atoms with Crippen molar-refractivity contribution in [1.82, 2.24) is 24.5 Å². The first kappa shape index (κ1) is 17.0. The molecular formula is C20H19N5O2. The normalized spacial score (nSPS) is 10.9. The molecule has 0 saturated heterocycles. The monoisotopic (exact) mass is 361 g/mol. The minimum absolute atomic E-state index is 0.547. The van der Waals surface area contributed by atoms with E-state index in [1.807, 2.05) is 41.0 Å². The minimum atomic E-state index is 0.547. The van der Waals surface area contributed by atoms with Gasteiger partial charge in [0.15, 0.2) is 11.5 Å². The number of methoxy groups -OCH3 is 1. The third-order valence-electron chi connectivity index (χ3n) is 4.03. The molecule has 0 aliphatic heterocycles. The first-order valence-electron chi connectivity index (χ1n) is 8.73. The number of hydrogen-bond acceptors (Lipinski definition) is 6. The highest BCUT2D eigenvalue weighted by molar-refractivity contribution is 5.80. The molecule has 0 fully saturated rings. The van der Waals surface area contributed by atoms with E-state index >= 15 is 0 Å². The lowest BCUT2D eigenvalue weighted by Gasteiger charge is -2.09. The third-order valence-corrected chi connectivity index (χ3v) is 4.03. The van der Waals surface area contributed by atoms with E-state index in [9.17, 15) is 0 Å². The van der Waals surface area contributed by atoms with Crippen LogP contribution in [0.5, 0.6) is 11.6 Å². The molecule has 0 N–H and O–H groups in total. The van der Waals surface area contributed by atoms with Crippen molar-refractivity contribution >= 4 is 11.2 Å². The van der Waals surface area contributed by atoms with Gasteiger partial charge < -0.3 is 9.47 Å². The van der Waals surface area contributed by atoms with Gasteiger partial charge in [-0.25, -0.2) is 15.0 Å². The zero-order valence-corrected chi connectivity index (χ0v) is 15.2. The molecule has 0 spiro atoms. The molecule has 136 valence electrons. The van der Waals surface area contributed by atoms with Gasteiger partial charge >= 0.3 is 0 Å². The Kier molecular flexibility index (Phi) is 4.65. The van der Waals surface area contributed by atoms with Gasteiger partial charge in [0, 0.05) is 18.3 Å². The second-order valence-corrected chi connectivity index (χ2v) is 5.91. The van der Waals surface area contributed by atoms with Gasteiger partial charge in [-0.2, -0.15) is 0 Å². The summed E-state index contributed by atoms with van der Waals surface area (Å²) in [5.41, 5.74) is 3.03. The van der Waals surface area contributed by atoms with Gasteiger partial charge in [-0.1, -0.05) is 13.0 Å². The summed E-state index contributed by atoms with van der Waals surface area (Å²) in [6, 6.07) is 11.4. The first-order valence-corrected chi connectivity index (χ1v) is 8.73. The smallest absolute Gasteiger partial charge is 0.213 e. The van der Waals surface area contributed by atoms with E-state index in [2.05, 4.69) is 21.9 Å². The molecular weight excluding hydrogens is 342 g/mol. The molecule has 4 heterocycles. The Balaban J connectivity index is 1.90. The van der Waals surface area contributed by atoms with Crippen LogP contribution >= 0.6 is 0 Å². The topological polar surface area (TPSA) is 75.0 Å². The third kappa shape index (κ3) is 3.31. The van der Waals surface area contributed by atoms with Gasteiger partial charge in [-0.15, -0.1) is 0 Å². The maximum atomic E-state index is 5.70. The van der Waals surface area contributed by atoms with Crippen molar-refractivity contribution in [3.05, 3.63) is 55.0 Å². The second-order valence-electron chi connectivity index (χ2n) is 5.91. The van der Waals surface area contributed by atoms with Gasteiger partial charge in [-0.05, 0) is 24.6 Å². The average molecular weight is 361 g/mol. The number of hydrogen-bond donors (Lipinski definition) is 0. The van der Waals surface area contributed by atoms with Crippen LogP contribution in [-0.2, 0) is 0 Å². The van der Waals surface area contributed by atoms with Crippen molar-refractivity contribution in [1.29, 1.82) is 0 Å². The summed E-state index contributed by atoms with van der Waals surface area (Å²) in [5.74, 6) is 1.94. The molecule has 4 rings (SSSR count). The lowest BCUT2D eigenvalue weighted by Crippen LogP contribution is -2.01. The van der Waals surface area contributed by atoms with Crippen molar-refractivity contribution in [2.75, 3.05) is 13.7 Å². The maximum Gasteiger partial charge on any atom is 0.213 e. The number of fused-ring (bicyclic) bond motifs is 1. The van der Waals surface area contributed by atoms with Crippen LogP contribution in [0.4, 0.5) is 0 Å². The van der Waals surface area contributed by atoms with Crippen LogP contribution in [0.15, 0.2) is 55.0 Å². The molecule has 0 bridgehead atoms. The van der Waals surface area contributed by atoms with Crippen molar-refractivity contribution in [3.8, 4) is 28.8 Å². The van der Waals surface area contributed by atoms with Crippen LogP contribution in [0, 0.1) is 0 Å². The highest BCUT2D eigenvalue weighted by atomic mass is 16.5. The summed E-state index contributed by atoms with van der Waals surface area (Å²) in [6.45, 7) is 2.71. The number of imidazole rings is 1. The molecule has 0 radical (unpaired) electrons. The molecule has 27 heavy (non-hydrogen) atoms. The summed E-state index contributed by atoms with van der Waals surface area (Å²) in [7, 11) is 1.59. The van der Waals surface area contributed by atoms with Gasteiger partial charge in [0.1, 0.15) is 17.0 Å². The highest BCUT2D eigenvalue weighted by Gasteiger charge is 2.17. The lowest BCUT2D eigenvalue weighted by atomic mass is 10.3. The highest BCUT2D eigenvalue weighted by Crippen LogP contribution is 2.28. The van der Waals surface area contributed by atoms with E-state index in [1.165, 1.54) is 0 Å². The standard InChI is InChI=1S/C20H19N5O2/c1-3-10-27-15-11-17-19(23-13-15)25(14-7-8-18(26-2)22-12-14)20(24-17)16-6-4-5-9-21-16/h4-9,11-13H,3,10H2,1-2H3. The zero-order valence-electron chi connectivity index (χ0n) is 15.2. The summed E-state index contributed by atoms with van der Waals surface area (Å²) >= 11 is 0. The first-order chi connectivity index (χ1) is 13.3. The quantitative estimate of drug-likeness (QED) is 0.521. The predicted molar refractivity (Wildman–Crippen MR) is 102 cm³/mol. The molecule has 0 atom stereocenters. The van der Waals surface area contributed by atoms with Crippen LogP contribution in [-0.4, -0.2) is 38.2 Å². The van der Waals surface area contributed by atoms with E-state index < -0.39 is 0 Å². The van der Waals surface area contributed by atoms with Crippen LogP contribution < -0.4 is 9.47 Å². The van der Waals surface area contributed by atoms with Crippen molar-refractivity contribution < 1.29 is 9.47 Å². The molecule has 0 amide bonds. The molecule has 7 heteroatoms. The van der Waals surface area contributed by atoms with Gasteiger partial charge in [0.2, 0.25) is 5.88 Å². The average Bonchev–Trinajstić information content (AvgIpc) is 3.11. The molecule has 0 saturated carbocycles. The molecule has 0 aromatic carbocycles. The van der Waals surface area contributed by atoms with E-state index in [-0.39, 0.29) is 0 Å². The second kappa shape index (κ2) is 7.41. The lowest BCUT2D eigenvalue weighted by molar-refractivity contribution is 0.316. The van der Waals surface area contributed by atoms with Crippen molar-refractivity contribution in [3.63, 3.8) is 0 Å². The number of nitrogens with zero attached hydrogens (tertiary/aromatic N) is 5. The summed E-state index contributed by atoms with van der Waals surface area (Å²) < 4.78 is 12.8. The Labute approximate surface area is 156 Å². The molecule has 0 unspecified atom stereocenters. The summed E-state index contributed by atoms with van der Waals surface area (Å²) in [5, 5.41) is 0. The fraction of sp³-hybridized carbons (Fsp3) is 0.200. The molecule has 4 aromatic heterocycles. The Morgan fingerprint density at radius 2 is 1.96 bits per heavy atom. The van der Waals surface area contributed by atoms with Gasteiger partial charge in [0.05, 0.1) is 31.8 Å². The van der Waals surface area contributed by atoms with Crippen molar-refractivity contribution in [2.24, 2.45) is 0 Å². The van der Waals surface area contributed by atoms with E-state index in [4.69, 9.17) is 14.5 Å². The fourth-order valence-electron chi connectivity index (χ4n) is 2.78.